The molecule has 2 nitrogen and oxygen atoms in total. The zero-order valence-corrected chi connectivity index (χ0v) is 20.9. The van der Waals surface area contributed by atoms with E-state index < -0.39 is 8.32 Å². The van der Waals surface area contributed by atoms with Gasteiger partial charge in [-0.15, -0.1) is 0 Å². The van der Waals surface area contributed by atoms with E-state index in [0.717, 1.165) is 24.1 Å². The minimum absolute atomic E-state index is 0.0167. The Bertz CT molecular complexity index is 1250. The van der Waals surface area contributed by atoms with Crippen LogP contribution in [0.4, 0.5) is 0 Å². The summed E-state index contributed by atoms with van der Waals surface area (Å²) >= 11 is 0. The lowest BCUT2D eigenvalue weighted by Crippen LogP contribution is -2.61. The van der Waals surface area contributed by atoms with E-state index in [2.05, 4.69) is 112 Å². The van der Waals surface area contributed by atoms with Gasteiger partial charge in [-0.1, -0.05) is 99.6 Å². The molecule has 33 heavy (non-hydrogen) atoms. The topological polar surface area (TPSA) is 22.1 Å². The van der Waals surface area contributed by atoms with Crippen molar-refractivity contribution in [2.75, 3.05) is 0 Å². The summed E-state index contributed by atoms with van der Waals surface area (Å²) in [5.74, 6) is 0. The number of rotatable bonds is 5. The number of pyridine rings is 1. The third-order valence-electron chi connectivity index (χ3n) is 7.20. The summed E-state index contributed by atoms with van der Waals surface area (Å²) in [6.07, 6.45) is 3.13. The zero-order valence-electron chi connectivity index (χ0n) is 19.9. The van der Waals surface area contributed by atoms with E-state index in [1.165, 1.54) is 34.2 Å². The SMILES string of the molecule is CC(C)(C)[Si]1(O[C@@H](Cc2ccc3ccccc3n2)c2ccccc2)CCCc2ccccc21. The molecule has 4 aromatic rings. The molecule has 0 aliphatic carbocycles. The van der Waals surface area contributed by atoms with Gasteiger partial charge in [-0.3, -0.25) is 4.98 Å². The fourth-order valence-corrected chi connectivity index (χ4v) is 10.3. The Morgan fingerprint density at radius 1 is 0.848 bits per heavy atom. The molecule has 0 saturated heterocycles. The molecule has 0 amide bonds. The first kappa shape index (κ1) is 22.1. The van der Waals surface area contributed by atoms with Gasteiger partial charge in [0.05, 0.1) is 11.6 Å². The molecule has 1 aromatic heterocycles. The quantitative estimate of drug-likeness (QED) is 0.301. The third-order valence-corrected chi connectivity index (χ3v) is 12.7. The van der Waals surface area contributed by atoms with Gasteiger partial charge in [-0.2, -0.15) is 0 Å². The molecule has 0 N–H and O–H groups in total. The maximum atomic E-state index is 7.47. The Morgan fingerprint density at radius 3 is 2.39 bits per heavy atom. The van der Waals surface area contributed by atoms with Crippen LogP contribution in [0.1, 0.15) is 50.1 Å². The number of nitrogens with zero attached hydrogens (tertiary/aromatic N) is 1. The number of aromatic nitrogens is 1. The van der Waals surface area contributed by atoms with E-state index in [4.69, 9.17) is 9.41 Å². The third kappa shape index (κ3) is 4.28. The van der Waals surface area contributed by atoms with Crippen molar-refractivity contribution in [1.29, 1.82) is 0 Å². The summed E-state index contributed by atoms with van der Waals surface area (Å²) < 4.78 is 7.47. The molecule has 0 fully saturated rings. The molecule has 1 aliphatic heterocycles. The van der Waals surface area contributed by atoms with Crippen LogP contribution in [0.25, 0.3) is 10.9 Å². The van der Waals surface area contributed by atoms with Crippen molar-refractivity contribution in [3.05, 3.63) is 108 Å². The normalized spacial score (nSPS) is 19.2. The number of aryl methyl sites for hydroxylation is 1. The average Bonchev–Trinajstić information content (AvgIpc) is 2.83. The van der Waals surface area contributed by atoms with Crippen LogP contribution in [-0.2, 0) is 17.3 Å². The van der Waals surface area contributed by atoms with E-state index in [0.29, 0.717) is 0 Å². The van der Waals surface area contributed by atoms with E-state index in [9.17, 15) is 0 Å². The van der Waals surface area contributed by atoms with E-state index in [-0.39, 0.29) is 11.1 Å². The predicted molar refractivity (Wildman–Crippen MR) is 140 cm³/mol. The number of para-hydroxylation sites is 1. The van der Waals surface area contributed by atoms with Gasteiger partial charge in [-0.25, -0.2) is 0 Å². The number of fused-ring (bicyclic) bond motifs is 2. The number of benzene rings is 3. The van der Waals surface area contributed by atoms with Gasteiger partial charge in [0, 0.05) is 17.5 Å². The Hall–Kier alpha value is -2.75. The molecule has 0 bridgehead atoms. The first-order chi connectivity index (χ1) is 16.0. The summed E-state index contributed by atoms with van der Waals surface area (Å²) in [6.45, 7) is 7.16. The lowest BCUT2D eigenvalue weighted by molar-refractivity contribution is 0.181. The van der Waals surface area contributed by atoms with Crippen LogP contribution in [-0.4, -0.2) is 13.3 Å². The molecule has 3 heteroatoms. The predicted octanol–water partition coefficient (Wildman–Crippen LogP) is 7.13. The summed E-state index contributed by atoms with van der Waals surface area (Å²) in [5, 5.41) is 2.77. The highest BCUT2D eigenvalue weighted by Gasteiger charge is 2.51. The van der Waals surface area contributed by atoms with Crippen molar-refractivity contribution < 1.29 is 4.43 Å². The van der Waals surface area contributed by atoms with Crippen molar-refractivity contribution >= 4 is 24.4 Å². The second kappa shape index (κ2) is 8.89. The first-order valence-corrected chi connectivity index (χ1v) is 14.2. The minimum atomic E-state index is -2.29. The van der Waals surface area contributed by atoms with Gasteiger partial charge in [0.25, 0.3) is 0 Å². The highest BCUT2D eigenvalue weighted by Crippen LogP contribution is 2.46. The van der Waals surface area contributed by atoms with Gasteiger partial charge in [0.2, 0.25) is 8.32 Å². The van der Waals surface area contributed by atoms with E-state index in [1.54, 1.807) is 0 Å². The van der Waals surface area contributed by atoms with Gasteiger partial charge >= 0.3 is 0 Å². The van der Waals surface area contributed by atoms with Gasteiger partial charge in [-0.05, 0) is 52.4 Å². The Balaban J connectivity index is 1.58. The van der Waals surface area contributed by atoms with Crippen LogP contribution in [0.3, 0.4) is 0 Å². The van der Waals surface area contributed by atoms with Crippen LogP contribution in [0.2, 0.25) is 11.1 Å². The molecule has 5 rings (SSSR count). The van der Waals surface area contributed by atoms with Crippen LogP contribution in [0, 0.1) is 0 Å². The monoisotopic (exact) mass is 451 g/mol. The van der Waals surface area contributed by atoms with Crippen molar-refractivity contribution in [3.63, 3.8) is 0 Å². The molecule has 3 aromatic carbocycles. The Kier molecular flexibility index (Phi) is 5.94. The molecule has 0 spiro atoms. The van der Waals surface area contributed by atoms with Crippen LogP contribution in [0.15, 0.2) is 91.0 Å². The van der Waals surface area contributed by atoms with Crippen LogP contribution in [0.5, 0.6) is 0 Å². The largest absolute Gasteiger partial charge is 0.405 e. The van der Waals surface area contributed by atoms with Crippen LogP contribution < -0.4 is 5.19 Å². The van der Waals surface area contributed by atoms with Gasteiger partial charge < -0.3 is 4.43 Å². The average molecular weight is 452 g/mol. The molecular weight excluding hydrogens is 418 g/mol. The Labute approximate surface area is 198 Å². The fourth-order valence-electron chi connectivity index (χ4n) is 5.42. The van der Waals surface area contributed by atoms with Crippen molar-refractivity contribution in [1.82, 2.24) is 4.98 Å². The lowest BCUT2D eigenvalue weighted by Gasteiger charge is -2.48. The molecule has 2 heterocycles. The molecule has 1 unspecified atom stereocenters. The molecule has 2 atom stereocenters. The Morgan fingerprint density at radius 2 is 1.58 bits per heavy atom. The van der Waals surface area contributed by atoms with Crippen LogP contribution >= 0.6 is 0 Å². The van der Waals surface area contributed by atoms with Crippen molar-refractivity contribution in [3.8, 4) is 0 Å². The summed E-state index contributed by atoms with van der Waals surface area (Å²) in [5.41, 5.74) is 4.87. The smallest absolute Gasteiger partial charge is 0.230 e. The minimum Gasteiger partial charge on any atom is -0.405 e. The first-order valence-electron chi connectivity index (χ1n) is 12.1. The maximum absolute atomic E-state index is 7.47. The highest BCUT2D eigenvalue weighted by atomic mass is 28.4. The maximum Gasteiger partial charge on any atom is 0.230 e. The van der Waals surface area contributed by atoms with Crippen molar-refractivity contribution in [2.45, 2.75) is 57.2 Å². The lowest BCUT2D eigenvalue weighted by atomic mass is 10.0. The highest BCUT2D eigenvalue weighted by molar-refractivity contribution is 6.89. The second-order valence-corrected chi connectivity index (χ2v) is 14.7. The number of hydrogen-bond donors (Lipinski definition) is 0. The standard InChI is InChI=1S/C30H33NOSi/c1-30(2,3)33(21-11-16-25-15-8-10-18-29(25)33)32-28(24-13-5-4-6-14-24)22-26-20-19-23-12-7-9-17-27(23)31-26/h4-10,12-15,17-20,28H,11,16,21-22H2,1-3H3/t28-,33?/m0/s1. The molecule has 0 radical (unpaired) electrons. The second-order valence-electron chi connectivity index (χ2n) is 10.3. The molecule has 168 valence electrons. The van der Waals surface area contributed by atoms with E-state index >= 15 is 0 Å². The van der Waals surface area contributed by atoms with Gasteiger partial charge in [0.1, 0.15) is 0 Å². The van der Waals surface area contributed by atoms with E-state index in [1.807, 2.05) is 0 Å². The van der Waals surface area contributed by atoms with Gasteiger partial charge in [0.15, 0.2) is 0 Å². The summed E-state index contributed by atoms with van der Waals surface area (Å²) in [4.78, 5) is 5.00. The zero-order chi connectivity index (χ0) is 22.9. The fraction of sp³-hybridized carbons (Fsp3) is 0.300. The van der Waals surface area contributed by atoms with Crippen molar-refractivity contribution in [2.24, 2.45) is 0 Å². The summed E-state index contributed by atoms with van der Waals surface area (Å²) in [7, 11) is -2.29. The summed E-state index contributed by atoms with van der Waals surface area (Å²) in [6, 6.07) is 33.7. The molecule has 0 saturated carbocycles. The molecular formula is C30H33NOSi. The molecule has 1 aliphatic rings. The number of hydrogen-bond acceptors (Lipinski definition) is 2.